The van der Waals surface area contributed by atoms with E-state index in [2.05, 4.69) is 43.8 Å². The summed E-state index contributed by atoms with van der Waals surface area (Å²) in [6.45, 7) is 6.65. The van der Waals surface area contributed by atoms with Crippen molar-refractivity contribution in [2.75, 3.05) is 6.16 Å². The van der Waals surface area contributed by atoms with E-state index >= 15 is 0 Å². The molecule has 1 aliphatic rings. The molecule has 2 atom stereocenters. The van der Waals surface area contributed by atoms with Crippen molar-refractivity contribution in [3.05, 3.63) is 47.5 Å². The van der Waals surface area contributed by atoms with Crippen LogP contribution in [-0.4, -0.2) is 12.2 Å². The second kappa shape index (κ2) is 9.12. The van der Waals surface area contributed by atoms with Crippen molar-refractivity contribution in [2.45, 2.75) is 46.1 Å². The van der Waals surface area contributed by atoms with Gasteiger partial charge in [-0.15, -0.1) is 0 Å². The zero-order valence-electron chi connectivity index (χ0n) is 12.4. The molecule has 1 rings (SSSR count). The fourth-order valence-electron chi connectivity index (χ4n) is 2.21. The molecule has 1 aliphatic heterocycles. The first-order valence-electron chi connectivity index (χ1n) is 7.19. The molecule has 1 fully saturated rings. The monoisotopic (exact) mass is 278 g/mol. The molecule has 0 aromatic rings. The van der Waals surface area contributed by atoms with Crippen molar-refractivity contribution < 1.29 is 0 Å². The Balaban J connectivity index is 2.51. The second-order valence-electron chi connectivity index (χ2n) is 4.73. The fraction of sp³-hybridized carbons (Fsp3) is 0.500. The molecule has 0 radical (unpaired) electrons. The molecule has 3 N–H and O–H groups in total. The largest absolute Gasteiger partial charge is 0.405 e. The van der Waals surface area contributed by atoms with Gasteiger partial charge in [-0.3, -0.25) is 5.09 Å². The van der Waals surface area contributed by atoms with E-state index in [-0.39, 0.29) is 8.07 Å². The predicted octanol–water partition coefficient (Wildman–Crippen LogP) is 4.42. The molecular weight excluding hydrogens is 251 g/mol. The van der Waals surface area contributed by atoms with Gasteiger partial charge in [-0.05, 0) is 57.1 Å². The molecule has 0 amide bonds. The minimum absolute atomic E-state index is 0.111. The van der Waals surface area contributed by atoms with Gasteiger partial charge in [0.2, 0.25) is 0 Å². The Labute approximate surface area is 119 Å². The highest BCUT2D eigenvalue weighted by atomic mass is 31.1. The van der Waals surface area contributed by atoms with E-state index in [0.717, 1.165) is 6.42 Å². The maximum atomic E-state index is 5.30. The molecular formula is C16H27N2P. The SMILES string of the molecule is C/C=C(CCC)\C(=C/P1CC(/C=C\C=C/N)N1)CC. The summed E-state index contributed by atoms with van der Waals surface area (Å²) in [6.07, 6.45) is 14.7. The highest BCUT2D eigenvalue weighted by Crippen LogP contribution is 2.45. The number of hydrogen-bond acceptors (Lipinski definition) is 2. The Hall–Kier alpha value is -0.850. The molecule has 3 heteroatoms. The van der Waals surface area contributed by atoms with Crippen molar-refractivity contribution in [1.29, 1.82) is 0 Å². The van der Waals surface area contributed by atoms with Crippen molar-refractivity contribution >= 4 is 8.07 Å². The molecule has 19 heavy (non-hydrogen) atoms. The lowest BCUT2D eigenvalue weighted by Gasteiger charge is -2.34. The van der Waals surface area contributed by atoms with E-state index in [9.17, 15) is 0 Å². The number of nitrogens with one attached hydrogen (secondary N) is 1. The van der Waals surface area contributed by atoms with Gasteiger partial charge in [0, 0.05) is 12.2 Å². The number of allylic oxidation sites excluding steroid dienone is 5. The van der Waals surface area contributed by atoms with Gasteiger partial charge < -0.3 is 5.73 Å². The molecule has 0 aromatic carbocycles. The Kier molecular flexibility index (Phi) is 7.78. The average molecular weight is 278 g/mol. The smallest absolute Gasteiger partial charge is 0.0346 e. The van der Waals surface area contributed by atoms with Gasteiger partial charge >= 0.3 is 0 Å². The summed E-state index contributed by atoms with van der Waals surface area (Å²) < 4.78 is 0. The van der Waals surface area contributed by atoms with Crippen LogP contribution in [0, 0.1) is 0 Å². The van der Waals surface area contributed by atoms with E-state index in [1.165, 1.54) is 30.1 Å². The summed E-state index contributed by atoms with van der Waals surface area (Å²) in [4.78, 5) is 0. The van der Waals surface area contributed by atoms with Gasteiger partial charge in [-0.2, -0.15) is 0 Å². The summed E-state index contributed by atoms with van der Waals surface area (Å²) in [5, 5.41) is 3.62. The summed E-state index contributed by atoms with van der Waals surface area (Å²) in [6, 6.07) is 0.525. The van der Waals surface area contributed by atoms with Gasteiger partial charge in [-0.25, -0.2) is 0 Å². The lowest BCUT2D eigenvalue weighted by atomic mass is 10.0. The predicted molar refractivity (Wildman–Crippen MR) is 88.2 cm³/mol. The van der Waals surface area contributed by atoms with Gasteiger partial charge in [-0.1, -0.05) is 38.5 Å². The molecule has 0 aromatic heterocycles. The number of nitrogens with two attached hydrogens (primary N) is 1. The van der Waals surface area contributed by atoms with Gasteiger partial charge in [0.15, 0.2) is 0 Å². The van der Waals surface area contributed by atoms with Gasteiger partial charge in [0.25, 0.3) is 0 Å². The van der Waals surface area contributed by atoms with Crippen LogP contribution in [0.2, 0.25) is 0 Å². The van der Waals surface area contributed by atoms with Crippen LogP contribution < -0.4 is 10.8 Å². The van der Waals surface area contributed by atoms with Crippen molar-refractivity contribution in [1.82, 2.24) is 5.09 Å². The van der Waals surface area contributed by atoms with Crippen LogP contribution in [0.25, 0.3) is 0 Å². The summed E-state index contributed by atoms with van der Waals surface area (Å²) in [7, 11) is -0.111. The molecule has 0 aliphatic carbocycles. The lowest BCUT2D eigenvalue weighted by Crippen LogP contribution is -2.37. The summed E-state index contributed by atoms with van der Waals surface area (Å²) in [5.74, 6) is 2.48. The van der Waals surface area contributed by atoms with Crippen LogP contribution >= 0.6 is 8.07 Å². The molecule has 1 heterocycles. The molecule has 0 spiro atoms. The molecule has 0 bridgehead atoms. The second-order valence-corrected chi connectivity index (χ2v) is 6.55. The topological polar surface area (TPSA) is 38.0 Å². The Morgan fingerprint density at radius 1 is 1.32 bits per heavy atom. The van der Waals surface area contributed by atoms with Crippen LogP contribution in [0.3, 0.4) is 0 Å². The standard InChI is InChI=1S/C16H27N2P/c1-4-9-14(5-2)15(6-3)12-19-13-16(18-19)10-7-8-11-17/h5,7-8,10-12,16,18H,4,6,9,13,17H2,1-3H3/b10-7-,11-8-,14-5-,15-12-. The molecule has 2 nitrogen and oxygen atoms in total. The first-order chi connectivity index (χ1) is 9.24. The van der Waals surface area contributed by atoms with Gasteiger partial charge in [0.05, 0.1) is 0 Å². The van der Waals surface area contributed by atoms with Crippen molar-refractivity contribution in [3.8, 4) is 0 Å². The van der Waals surface area contributed by atoms with Crippen molar-refractivity contribution in [2.24, 2.45) is 5.73 Å². The van der Waals surface area contributed by atoms with E-state index < -0.39 is 0 Å². The zero-order valence-corrected chi connectivity index (χ0v) is 13.3. The third-order valence-corrected chi connectivity index (χ3v) is 5.34. The van der Waals surface area contributed by atoms with Crippen molar-refractivity contribution in [3.63, 3.8) is 0 Å². The maximum Gasteiger partial charge on any atom is 0.0346 e. The van der Waals surface area contributed by atoms with Gasteiger partial charge in [0.1, 0.15) is 0 Å². The number of hydrogen-bond donors (Lipinski definition) is 2. The Bertz CT molecular complexity index is 374. The maximum absolute atomic E-state index is 5.30. The Morgan fingerprint density at radius 3 is 2.58 bits per heavy atom. The third-order valence-electron chi connectivity index (χ3n) is 3.26. The molecule has 106 valence electrons. The van der Waals surface area contributed by atoms with Crippen LogP contribution in [-0.2, 0) is 0 Å². The summed E-state index contributed by atoms with van der Waals surface area (Å²) in [5.41, 5.74) is 8.36. The first-order valence-corrected chi connectivity index (χ1v) is 8.78. The quantitative estimate of drug-likeness (QED) is 0.534. The van der Waals surface area contributed by atoms with E-state index in [4.69, 9.17) is 5.73 Å². The van der Waals surface area contributed by atoms with E-state index in [1.54, 1.807) is 6.20 Å². The molecule has 1 saturated heterocycles. The Morgan fingerprint density at radius 2 is 2.05 bits per heavy atom. The van der Waals surface area contributed by atoms with Crippen LogP contribution in [0.1, 0.15) is 40.0 Å². The molecule has 2 unspecified atom stereocenters. The van der Waals surface area contributed by atoms with Crippen LogP contribution in [0.15, 0.2) is 47.5 Å². The third kappa shape index (κ3) is 5.34. The van der Waals surface area contributed by atoms with E-state index in [1.807, 2.05) is 12.2 Å². The first kappa shape index (κ1) is 16.2. The highest BCUT2D eigenvalue weighted by Gasteiger charge is 2.24. The highest BCUT2D eigenvalue weighted by molar-refractivity contribution is 7.60. The normalized spacial score (nSPS) is 25.2. The van der Waals surface area contributed by atoms with Crippen LogP contribution in [0.4, 0.5) is 0 Å². The van der Waals surface area contributed by atoms with E-state index in [0.29, 0.717) is 6.04 Å². The minimum atomic E-state index is -0.111. The van der Waals surface area contributed by atoms with Crippen LogP contribution in [0.5, 0.6) is 0 Å². The number of rotatable bonds is 7. The molecule has 0 saturated carbocycles. The minimum Gasteiger partial charge on any atom is -0.405 e. The summed E-state index contributed by atoms with van der Waals surface area (Å²) >= 11 is 0. The lowest BCUT2D eigenvalue weighted by molar-refractivity contribution is 0.779. The zero-order chi connectivity index (χ0) is 14.1. The average Bonchev–Trinajstić information content (AvgIpc) is 2.38. The fourth-order valence-corrected chi connectivity index (χ4v) is 4.14.